The van der Waals surface area contributed by atoms with Gasteiger partial charge >= 0.3 is 6.18 Å². The molecule has 1 saturated carbocycles. The number of carbonyl (C=O) groups is 1. The van der Waals surface area contributed by atoms with Crippen molar-refractivity contribution in [3.05, 3.63) is 70.2 Å². The van der Waals surface area contributed by atoms with Crippen LogP contribution in [-0.2, 0) is 11.2 Å². The molecule has 2 N–H and O–H groups in total. The van der Waals surface area contributed by atoms with Gasteiger partial charge in [-0.25, -0.2) is 0 Å². The van der Waals surface area contributed by atoms with Crippen molar-refractivity contribution in [3.8, 4) is 6.07 Å². The van der Waals surface area contributed by atoms with Crippen molar-refractivity contribution < 1.29 is 18.0 Å². The molecule has 1 aliphatic rings. The fraction of sp³-hybridized carbons (Fsp3) is 0.333. The molecule has 0 spiro atoms. The van der Waals surface area contributed by atoms with E-state index in [9.17, 15) is 23.2 Å². The molecular weight excluding hydrogens is 447 g/mol. The van der Waals surface area contributed by atoms with E-state index < -0.39 is 29.7 Å². The van der Waals surface area contributed by atoms with E-state index in [1.807, 2.05) is 6.07 Å². The molecule has 3 rings (SSSR count). The Labute approximate surface area is 175 Å². The molecule has 29 heavy (non-hydrogen) atoms. The molecule has 1 aliphatic carbocycles. The van der Waals surface area contributed by atoms with Gasteiger partial charge in [-0.1, -0.05) is 58.4 Å². The number of halogens is 4. The lowest BCUT2D eigenvalue weighted by atomic mass is 10.0. The monoisotopic (exact) mass is 465 g/mol. The molecule has 1 amide bonds. The van der Waals surface area contributed by atoms with E-state index in [1.165, 1.54) is 24.3 Å². The number of rotatable bonds is 7. The third-order valence-corrected chi connectivity index (χ3v) is 5.35. The minimum absolute atomic E-state index is 0.00739. The third kappa shape index (κ3) is 5.58. The summed E-state index contributed by atoms with van der Waals surface area (Å²) >= 11 is 3.21. The van der Waals surface area contributed by atoms with Crippen LogP contribution in [0.15, 0.2) is 59.1 Å². The molecule has 0 radical (unpaired) electrons. The molecule has 0 bridgehead atoms. The first kappa shape index (κ1) is 21.3. The van der Waals surface area contributed by atoms with Crippen LogP contribution in [0.4, 0.5) is 13.2 Å². The van der Waals surface area contributed by atoms with Crippen LogP contribution in [0.25, 0.3) is 0 Å². The topological polar surface area (TPSA) is 64.9 Å². The first-order valence-electron chi connectivity index (χ1n) is 9.08. The third-order valence-electron chi connectivity index (χ3n) is 4.82. The highest BCUT2D eigenvalue weighted by Crippen LogP contribution is 2.36. The minimum Gasteiger partial charge on any atom is -0.336 e. The minimum atomic E-state index is -4.60. The van der Waals surface area contributed by atoms with E-state index >= 15 is 0 Å². The molecule has 0 aliphatic heterocycles. The van der Waals surface area contributed by atoms with E-state index in [-0.39, 0.29) is 12.0 Å². The number of amides is 1. The van der Waals surface area contributed by atoms with Gasteiger partial charge < -0.3 is 5.32 Å². The fourth-order valence-corrected chi connectivity index (χ4v) is 3.29. The second-order valence-corrected chi connectivity index (χ2v) is 8.03. The van der Waals surface area contributed by atoms with Gasteiger partial charge in [-0.15, -0.1) is 0 Å². The van der Waals surface area contributed by atoms with E-state index in [4.69, 9.17) is 0 Å². The van der Waals surface area contributed by atoms with Crippen molar-refractivity contribution in [3.63, 3.8) is 0 Å². The van der Waals surface area contributed by atoms with Crippen LogP contribution in [-0.4, -0.2) is 23.7 Å². The second-order valence-electron chi connectivity index (χ2n) is 7.12. The standard InChI is InChI=1S/C21H19BrF3N3O/c22-16-8-6-15(7-9-16)18(21(23,24)25)27-17(12-14-4-2-1-3-5-14)19(29)28-20(13-26)10-11-20/h1-9,17-18,27H,10-12H2,(H,28,29)/t17-,18-/m1/s1. The smallest absolute Gasteiger partial charge is 0.336 e. The molecule has 8 heteroatoms. The summed E-state index contributed by atoms with van der Waals surface area (Å²) in [5.74, 6) is -0.612. The lowest BCUT2D eigenvalue weighted by Crippen LogP contribution is -2.52. The summed E-state index contributed by atoms with van der Waals surface area (Å²) in [6, 6.07) is 13.5. The number of nitriles is 1. The van der Waals surface area contributed by atoms with E-state index in [2.05, 4.69) is 26.6 Å². The summed E-state index contributed by atoms with van der Waals surface area (Å²) in [5.41, 5.74) is -0.231. The Kier molecular flexibility index (Phi) is 6.30. The summed E-state index contributed by atoms with van der Waals surface area (Å²) in [6.07, 6.45) is -3.53. The number of nitrogens with zero attached hydrogens (tertiary/aromatic N) is 1. The Hall–Kier alpha value is -2.37. The summed E-state index contributed by atoms with van der Waals surface area (Å²) in [4.78, 5) is 12.8. The van der Waals surface area contributed by atoms with Gasteiger partial charge in [-0.05, 0) is 42.5 Å². The fourth-order valence-electron chi connectivity index (χ4n) is 3.03. The zero-order chi connectivity index (χ0) is 21.1. The van der Waals surface area contributed by atoms with Crippen LogP contribution in [0.5, 0.6) is 0 Å². The molecule has 0 saturated heterocycles. The average molecular weight is 466 g/mol. The van der Waals surface area contributed by atoms with Gasteiger partial charge in [0.1, 0.15) is 11.6 Å². The Morgan fingerprint density at radius 3 is 2.28 bits per heavy atom. The largest absolute Gasteiger partial charge is 0.407 e. The molecular formula is C21H19BrF3N3O. The normalized spacial score (nSPS) is 17.1. The number of nitrogens with one attached hydrogen (secondary N) is 2. The molecule has 4 nitrogen and oxygen atoms in total. The molecule has 152 valence electrons. The van der Waals surface area contributed by atoms with Gasteiger partial charge in [-0.3, -0.25) is 10.1 Å². The van der Waals surface area contributed by atoms with E-state index in [0.29, 0.717) is 17.3 Å². The van der Waals surface area contributed by atoms with Crippen molar-refractivity contribution >= 4 is 21.8 Å². The average Bonchev–Trinajstić information content (AvgIpc) is 3.46. The summed E-state index contributed by atoms with van der Waals surface area (Å²) < 4.78 is 42.1. The van der Waals surface area contributed by atoms with Gasteiger partial charge in [0.15, 0.2) is 0 Å². The molecule has 2 aromatic rings. The number of hydrogen-bond acceptors (Lipinski definition) is 3. The molecule has 0 heterocycles. The van der Waals surface area contributed by atoms with Crippen LogP contribution in [0.3, 0.4) is 0 Å². The van der Waals surface area contributed by atoms with Crippen LogP contribution in [0.1, 0.15) is 30.0 Å². The maximum absolute atomic E-state index is 13.8. The molecule has 2 atom stereocenters. The van der Waals surface area contributed by atoms with Gasteiger partial charge in [0.2, 0.25) is 5.91 Å². The highest BCUT2D eigenvalue weighted by molar-refractivity contribution is 9.10. The summed E-state index contributed by atoms with van der Waals surface area (Å²) in [6.45, 7) is 0. The van der Waals surface area contributed by atoms with Crippen molar-refractivity contribution in [2.24, 2.45) is 0 Å². The predicted octanol–water partition coefficient (Wildman–Crippen LogP) is 4.43. The first-order chi connectivity index (χ1) is 13.7. The second kappa shape index (κ2) is 8.56. The van der Waals surface area contributed by atoms with Crippen molar-refractivity contribution in [2.45, 2.75) is 43.1 Å². The zero-order valence-corrected chi connectivity index (χ0v) is 16.9. The zero-order valence-electron chi connectivity index (χ0n) is 15.3. The van der Waals surface area contributed by atoms with Crippen LogP contribution in [0, 0.1) is 11.3 Å². The van der Waals surface area contributed by atoms with Crippen molar-refractivity contribution in [1.82, 2.24) is 10.6 Å². The van der Waals surface area contributed by atoms with Gasteiger partial charge in [0.25, 0.3) is 0 Å². The Balaban J connectivity index is 1.87. The van der Waals surface area contributed by atoms with Crippen LogP contribution >= 0.6 is 15.9 Å². The number of benzene rings is 2. The maximum Gasteiger partial charge on any atom is 0.407 e. The predicted molar refractivity (Wildman–Crippen MR) is 106 cm³/mol. The van der Waals surface area contributed by atoms with E-state index in [1.54, 1.807) is 30.3 Å². The van der Waals surface area contributed by atoms with Crippen LogP contribution < -0.4 is 10.6 Å². The van der Waals surface area contributed by atoms with Gasteiger partial charge in [-0.2, -0.15) is 18.4 Å². The lowest BCUT2D eigenvalue weighted by Gasteiger charge is -2.28. The first-order valence-corrected chi connectivity index (χ1v) is 9.87. The van der Waals surface area contributed by atoms with Crippen molar-refractivity contribution in [2.75, 3.05) is 0 Å². The Morgan fingerprint density at radius 1 is 1.14 bits per heavy atom. The summed E-state index contributed by atoms with van der Waals surface area (Å²) in [5, 5.41) is 14.3. The quantitative estimate of drug-likeness (QED) is 0.635. The number of alkyl halides is 3. The molecule has 0 unspecified atom stereocenters. The highest BCUT2D eigenvalue weighted by atomic mass is 79.9. The SMILES string of the molecule is N#CC1(NC(=O)[C@@H](Cc2ccccc2)N[C@H](c2ccc(Br)cc2)C(F)(F)F)CC1. The van der Waals surface area contributed by atoms with Crippen LogP contribution in [0.2, 0.25) is 0 Å². The summed E-state index contributed by atoms with van der Waals surface area (Å²) in [7, 11) is 0. The molecule has 0 aromatic heterocycles. The van der Waals surface area contributed by atoms with Gasteiger partial charge in [0, 0.05) is 4.47 Å². The number of carbonyl (C=O) groups excluding carboxylic acids is 1. The van der Waals surface area contributed by atoms with Gasteiger partial charge in [0.05, 0.1) is 12.1 Å². The maximum atomic E-state index is 13.8. The highest BCUT2D eigenvalue weighted by Gasteiger charge is 2.47. The van der Waals surface area contributed by atoms with E-state index in [0.717, 1.165) is 5.56 Å². The molecule has 2 aromatic carbocycles. The van der Waals surface area contributed by atoms with Crippen molar-refractivity contribution in [1.29, 1.82) is 5.26 Å². The lowest BCUT2D eigenvalue weighted by molar-refractivity contribution is -0.161. The number of hydrogen-bond donors (Lipinski definition) is 2. The Morgan fingerprint density at radius 2 is 1.76 bits per heavy atom. The molecule has 1 fully saturated rings. The Bertz CT molecular complexity index is 890.